The molecule has 0 unspecified atom stereocenters. The van der Waals surface area contributed by atoms with Crippen LogP contribution < -0.4 is 5.32 Å². The highest BCUT2D eigenvalue weighted by molar-refractivity contribution is 6.38. The molecule has 124 valence electrons. The van der Waals surface area contributed by atoms with Gasteiger partial charge >= 0.3 is 0 Å². The SMILES string of the molecule is O=C(Nc1cc(N=Cc2ccccc2)c(Cl)cc1Cl)c1ccccc1. The van der Waals surface area contributed by atoms with Crippen molar-refractivity contribution in [1.82, 2.24) is 0 Å². The first kappa shape index (κ1) is 17.2. The van der Waals surface area contributed by atoms with Crippen LogP contribution in [0.4, 0.5) is 11.4 Å². The van der Waals surface area contributed by atoms with Crippen molar-refractivity contribution in [2.45, 2.75) is 0 Å². The number of aliphatic imine (C=N–C) groups is 1. The number of nitrogens with one attached hydrogen (secondary N) is 1. The first-order valence-corrected chi connectivity index (χ1v) is 8.33. The molecule has 5 heteroatoms. The van der Waals surface area contributed by atoms with Crippen LogP contribution in [0.15, 0.2) is 77.8 Å². The van der Waals surface area contributed by atoms with Gasteiger partial charge in [0.15, 0.2) is 0 Å². The summed E-state index contributed by atoms with van der Waals surface area (Å²) >= 11 is 12.4. The average Bonchev–Trinajstić information content (AvgIpc) is 2.64. The molecule has 3 aromatic rings. The summed E-state index contributed by atoms with van der Waals surface area (Å²) in [6.07, 6.45) is 1.71. The normalized spacial score (nSPS) is 10.8. The largest absolute Gasteiger partial charge is 0.321 e. The van der Waals surface area contributed by atoms with Crippen molar-refractivity contribution in [2.24, 2.45) is 4.99 Å². The van der Waals surface area contributed by atoms with E-state index in [1.807, 2.05) is 36.4 Å². The monoisotopic (exact) mass is 368 g/mol. The molecule has 0 heterocycles. The summed E-state index contributed by atoms with van der Waals surface area (Å²) in [5.74, 6) is -0.247. The Bertz CT molecular complexity index is 910. The van der Waals surface area contributed by atoms with Gasteiger partial charge in [0.1, 0.15) is 0 Å². The fraction of sp³-hybridized carbons (Fsp3) is 0. The third-order valence-electron chi connectivity index (χ3n) is 3.47. The van der Waals surface area contributed by atoms with Gasteiger partial charge in [-0.2, -0.15) is 0 Å². The number of rotatable bonds is 4. The second-order valence-corrected chi connectivity index (χ2v) is 6.09. The molecule has 0 aliphatic carbocycles. The highest BCUT2D eigenvalue weighted by Crippen LogP contribution is 2.34. The van der Waals surface area contributed by atoms with E-state index in [1.165, 1.54) is 0 Å². The summed E-state index contributed by atoms with van der Waals surface area (Å²) in [6.45, 7) is 0. The van der Waals surface area contributed by atoms with Crippen molar-refractivity contribution in [3.8, 4) is 0 Å². The van der Waals surface area contributed by atoms with Crippen LogP contribution in [0.1, 0.15) is 15.9 Å². The summed E-state index contributed by atoms with van der Waals surface area (Å²) in [6, 6.07) is 21.8. The van der Waals surface area contributed by atoms with Gasteiger partial charge in [-0.1, -0.05) is 71.7 Å². The molecule has 0 fully saturated rings. The summed E-state index contributed by atoms with van der Waals surface area (Å²) < 4.78 is 0. The van der Waals surface area contributed by atoms with E-state index < -0.39 is 0 Å². The Labute approximate surface area is 155 Å². The van der Waals surface area contributed by atoms with E-state index in [1.54, 1.807) is 42.6 Å². The van der Waals surface area contributed by atoms with E-state index >= 15 is 0 Å². The van der Waals surface area contributed by atoms with E-state index in [-0.39, 0.29) is 5.91 Å². The number of nitrogens with zero attached hydrogens (tertiary/aromatic N) is 1. The molecule has 1 N–H and O–H groups in total. The Morgan fingerprint density at radius 2 is 1.52 bits per heavy atom. The minimum Gasteiger partial charge on any atom is -0.321 e. The van der Waals surface area contributed by atoms with Crippen molar-refractivity contribution < 1.29 is 4.79 Å². The molecule has 3 aromatic carbocycles. The van der Waals surface area contributed by atoms with Crippen LogP contribution in [0.2, 0.25) is 10.0 Å². The van der Waals surface area contributed by atoms with Gasteiger partial charge < -0.3 is 5.32 Å². The van der Waals surface area contributed by atoms with E-state index in [0.29, 0.717) is 27.0 Å². The number of carbonyl (C=O) groups excluding carboxylic acids is 1. The topological polar surface area (TPSA) is 41.5 Å². The fourth-order valence-corrected chi connectivity index (χ4v) is 2.68. The minimum absolute atomic E-state index is 0.247. The zero-order chi connectivity index (χ0) is 17.6. The third-order valence-corrected chi connectivity index (χ3v) is 4.09. The number of benzene rings is 3. The summed E-state index contributed by atoms with van der Waals surface area (Å²) in [7, 11) is 0. The van der Waals surface area contributed by atoms with E-state index in [9.17, 15) is 4.79 Å². The smallest absolute Gasteiger partial charge is 0.255 e. The van der Waals surface area contributed by atoms with Crippen molar-refractivity contribution in [3.63, 3.8) is 0 Å². The van der Waals surface area contributed by atoms with Crippen molar-refractivity contribution >= 4 is 46.7 Å². The van der Waals surface area contributed by atoms with E-state index in [2.05, 4.69) is 10.3 Å². The molecule has 0 aliphatic heterocycles. The minimum atomic E-state index is -0.247. The highest BCUT2D eigenvalue weighted by Gasteiger charge is 2.11. The van der Waals surface area contributed by atoms with Crippen LogP contribution >= 0.6 is 23.2 Å². The molecule has 1 amide bonds. The van der Waals surface area contributed by atoms with Crippen LogP contribution in [0.3, 0.4) is 0 Å². The van der Waals surface area contributed by atoms with Crippen LogP contribution in [0.25, 0.3) is 0 Å². The number of hydrogen-bond donors (Lipinski definition) is 1. The van der Waals surface area contributed by atoms with E-state index in [4.69, 9.17) is 23.2 Å². The van der Waals surface area contributed by atoms with Crippen molar-refractivity contribution in [3.05, 3.63) is 94.0 Å². The maximum atomic E-state index is 12.3. The lowest BCUT2D eigenvalue weighted by Crippen LogP contribution is -2.11. The third kappa shape index (κ3) is 4.47. The molecule has 0 bridgehead atoms. The van der Waals surface area contributed by atoms with Gasteiger partial charge in [-0.15, -0.1) is 0 Å². The lowest BCUT2D eigenvalue weighted by Gasteiger charge is -2.09. The first-order chi connectivity index (χ1) is 12.1. The quantitative estimate of drug-likeness (QED) is 0.564. The zero-order valence-corrected chi connectivity index (χ0v) is 14.6. The number of carbonyl (C=O) groups is 1. The second kappa shape index (κ2) is 7.97. The number of anilines is 1. The maximum absolute atomic E-state index is 12.3. The summed E-state index contributed by atoms with van der Waals surface area (Å²) in [4.78, 5) is 16.7. The Kier molecular flexibility index (Phi) is 5.49. The molecule has 0 radical (unpaired) electrons. The van der Waals surface area contributed by atoms with Gasteiger partial charge in [0.05, 0.1) is 21.4 Å². The number of halogens is 2. The van der Waals surface area contributed by atoms with Gasteiger partial charge in [0, 0.05) is 11.8 Å². The van der Waals surface area contributed by atoms with Gasteiger partial charge in [0.2, 0.25) is 0 Å². The molecule has 0 aromatic heterocycles. The molecule has 3 rings (SSSR count). The lowest BCUT2D eigenvalue weighted by molar-refractivity contribution is 0.102. The van der Waals surface area contributed by atoms with Gasteiger partial charge in [-0.05, 0) is 29.8 Å². The molecule has 0 saturated heterocycles. The number of amides is 1. The predicted octanol–water partition coefficient (Wildman–Crippen LogP) is 6.00. The number of hydrogen-bond acceptors (Lipinski definition) is 2. The van der Waals surface area contributed by atoms with Gasteiger partial charge in [-0.3, -0.25) is 9.79 Å². The molecule has 0 aliphatic rings. The molecule has 0 spiro atoms. The Morgan fingerprint density at radius 1 is 0.880 bits per heavy atom. The standard InChI is InChI=1S/C20H14Cl2N2O/c21-16-11-17(22)19(24-20(25)15-9-5-2-6-10-15)12-18(16)23-13-14-7-3-1-4-8-14/h1-13H,(H,24,25). The van der Waals surface area contributed by atoms with Crippen LogP contribution in [0, 0.1) is 0 Å². The molecule has 0 saturated carbocycles. The molecule has 3 nitrogen and oxygen atoms in total. The van der Waals surface area contributed by atoms with Crippen LogP contribution in [-0.4, -0.2) is 12.1 Å². The average molecular weight is 369 g/mol. The van der Waals surface area contributed by atoms with Gasteiger partial charge in [0.25, 0.3) is 5.91 Å². The Morgan fingerprint density at radius 3 is 2.20 bits per heavy atom. The zero-order valence-electron chi connectivity index (χ0n) is 13.1. The summed E-state index contributed by atoms with van der Waals surface area (Å²) in [5, 5.41) is 3.56. The summed E-state index contributed by atoms with van der Waals surface area (Å²) in [5.41, 5.74) is 2.48. The Hall–Kier alpha value is -2.62. The second-order valence-electron chi connectivity index (χ2n) is 5.27. The van der Waals surface area contributed by atoms with Crippen LogP contribution in [0.5, 0.6) is 0 Å². The lowest BCUT2D eigenvalue weighted by atomic mass is 10.2. The Balaban J connectivity index is 1.85. The van der Waals surface area contributed by atoms with E-state index in [0.717, 1.165) is 5.56 Å². The molecule has 25 heavy (non-hydrogen) atoms. The van der Waals surface area contributed by atoms with Crippen molar-refractivity contribution in [1.29, 1.82) is 0 Å². The molecule has 0 atom stereocenters. The van der Waals surface area contributed by atoms with Crippen molar-refractivity contribution in [2.75, 3.05) is 5.32 Å². The first-order valence-electron chi connectivity index (χ1n) is 7.58. The highest BCUT2D eigenvalue weighted by atomic mass is 35.5. The molecular formula is C20H14Cl2N2O. The molecular weight excluding hydrogens is 355 g/mol. The van der Waals surface area contributed by atoms with Crippen LogP contribution in [-0.2, 0) is 0 Å². The maximum Gasteiger partial charge on any atom is 0.255 e. The van der Waals surface area contributed by atoms with Gasteiger partial charge in [-0.25, -0.2) is 0 Å². The predicted molar refractivity (Wildman–Crippen MR) is 105 cm³/mol. The fourth-order valence-electron chi connectivity index (χ4n) is 2.20.